The van der Waals surface area contributed by atoms with Gasteiger partial charge in [0, 0.05) is 5.88 Å². The smallest absolute Gasteiger partial charge is 0.115 e. The van der Waals surface area contributed by atoms with E-state index in [1.165, 1.54) is 0 Å². The third-order valence-corrected chi connectivity index (χ3v) is 2.84. The standard InChI is InChI=1S/C13H16ClNO/c14-9-3-1-2-4-12(10-15)11-5-7-13(16)8-6-11/h5-8,12,16H,1-4,9H2. The highest BCUT2D eigenvalue weighted by Gasteiger charge is 2.09. The van der Waals surface area contributed by atoms with Crippen molar-refractivity contribution < 1.29 is 5.11 Å². The third-order valence-electron chi connectivity index (χ3n) is 2.58. The first-order valence-electron chi connectivity index (χ1n) is 5.52. The second-order valence-electron chi connectivity index (χ2n) is 3.81. The van der Waals surface area contributed by atoms with Crippen LogP contribution in [0.2, 0.25) is 0 Å². The number of aromatic hydroxyl groups is 1. The van der Waals surface area contributed by atoms with Crippen molar-refractivity contribution in [2.45, 2.75) is 31.6 Å². The first-order chi connectivity index (χ1) is 7.77. The fourth-order valence-corrected chi connectivity index (χ4v) is 1.82. The van der Waals surface area contributed by atoms with Crippen LogP contribution in [0.15, 0.2) is 24.3 Å². The molecule has 1 N–H and O–H groups in total. The average Bonchev–Trinajstić information content (AvgIpc) is 2.31. The molecule has 2 nitrogen and oxygen atoms in total. The van der Waals surface area contributed by atoms with Crippen molar-refractivity contribution >= 4 is 11.6 Å². The van der Waals surface area contributed by atoms with E-state index in [1.807, 2.05) is 12.1 Å². The molecule has 0 heterocycles. The summed E-state index contributed by atoms with van der Waals surface area (Å²) in [5.74, 6) is 0.856. The summed E-state index contributed by atoms with van der Waals surface area (Å²) in [4.78, 5) is 0. The number of halogens is 1. The van der Waals surface area contributed by atoms with Gasteiger partial charge in [0.05, 0.1) is 12.0 Å². The lowest BCUT2D eigenvalue weighted by atomic mass is 9.94. The lowest BCUT2D eigenvalue weighted by molar-refractivity contribution is 0.475. The summed E-state index contributed by atoms with van der Waals surface area (Å²) in [6.07, 6.45) is 3.96. The number of nitrogens with zero attached hydrogens (tertiary/aromatic N) is 1. The van der Waals surface area contributed by atoms with E-state index in [1.54, 1.807) is 12.1 Å². The molecular formula is C13H16ClNO. The molecule has 0 saturated heterocycles. The van der Waals surface area contributed by atoms with E-state index in [9.17, 15) is 0 Å². The lowest BCUT2D eigenvalue weighted by Gasteiger charge is -2.08. The van der Waals surface area contributed by atoms with Gasteiger partial charge in [-0.3, -0.25) is 0 Å². The number of hydrogen-bond donors (Lipinski definition) is 1. The first-order valence-corrected chi connectivity index (χ1v) is 6.06. The summed E-state index contributed by atoms with van der Waals surface area (Å²) in [7, 11) is 0. The predicted molar refractivity (Wildman–Crippen MR) is 65.6 cm³/mol. The summed E-state index contributed by atoms with van der Waals surface area (Å²) >= 11 is 5.59. The van der Waals surface area contributed by atoms with Crippen LogP contribution in [0.25, 0.3) is 0 Å². The first kappa shape index (κ1) is 12.9. The van der Waals surface area contributed by atoms with Gasteiger partial charge >= 0.3 is 0 Å². The molecule has 0 aliphatic rings. The van der Waals surface area contributed by atoms with E-state index in [2.05, 4.69) is 6.07 Å². The summed E-state index contributed by atoms with van der Waals surface area (Å²) < 4.78 is 0. The van der Waals surface area contributed by atoms with Crippen molar-refractivity contribution in [1.29, 1.82) is 5.26 Å². The topological polar surface area (TPSA) is 44.0 Å². The molecule has 16 heavy (non-hydrogen) atoms. The number of unbranched alkanes of at least 4 members (excludes halogenated alkanes) is 2. The molecule has 0 aliphatic heterocycles. The van der Waals surface area contributed by atoms with Crippen LogP contribution < -0.4 is 0 Å². The van der Waals surface area contributed by atoms with E-state index in [0.29, 0.717) is 5.88 Å². The van der Waals surface area contributed by atoms with Crippen LogP contribution >= 0.6 is 11.6 Å². The van der Waals surface area contributed by atoms with E-state index in [0.717, 1.165) is 31.2 Å². The second-order valence-corrected chi connectivity index (χ2v) is 4.19. The monoisotopic (exact) mass is 237 g/mol. The van der Waals surface area contributed by atoms with Gasteiger partial charge in [-0.05, 0) is 30.5 Å². The SMILES string of the molecule is N#CC(CCCCCCl)c1ccc(O)cc1. The molecule has 0 bridgehead atoms. The average molecular weight is 238 g/mol. The lowest BCUT2D eigenvalue weighted by Crippen LogP contribution is -1.95. The Hall–Kier alpha value is -1.20. The van der Waals surface area contributed by atoms with Gasteiger partial charge in [-0.15, -0.1) is 11.6 Å². The quantitative estimate of drug-likeness (QED) is 0.604. The molecule has 1 aromatic carbocycles. The third kappa shape index (κ3) is 4.12. The van der Waals surface area contributed by atoms with Crippen LogP contribution in [-0.4, -0.2) is 11.0 Å². The number of phenols is 1. The maximum atomic E-state index is 9.16. The zero-order valence-corrected chi connectivity index (χ0v) is 9.95. The van der Waals surface area contributed by atoms with Crippen molar-refractivity contribution in [2.24, 2.45) is 0 Å². The van der Waals surface area contributed by atoms with Gasteiger partial charge in [0.25, 0.3) is 0 Å². The van der Waals surface area contributed by atoms with Gasteiger partial charge in [0.1, 0.15) is 5.75 Å². The largest absolute Gasteiger partial charge is 0.508 e. The van der Waals surface area contributed by atoms with Crippen LogP contribution in [0, 0.1) is 11.3 Å². The number of alkyl halides is 1. The summed E-state index contributed by atoms with van der Waals surface area (Å²) in [6.45, 7) is 0. The Kier molecular flexibility index (Phi) is 5.74. The zero-order valence-electron chi connectivity index (χ0n) is 9.19. The zero-order chi connectivity index (χ0) is 11.8. The molecule has 0 amide bonds. The van der Waals surface area contributed by atoms with Crippen molar-refractivity contribution in [3.8, 4) is 11.8 Å². The van der Waals surface area contributed by atoms with Gasteiger partial charge in [-0.1, -0.05) is 25.0 Å². The van der Waals surface area contributed by atoms with Crippen molar-refractivity contribution in [1.82, 2.24) is 0 Å². The van der Waals surface area contributed by atoms with Crippen LogP contribution in [0.4, 0.5) is 0 Å². The second kappa shape index (κ2) is 7.14. The number of benzene rings is 1. The fourth-order valence-electron chi connectivity index (χ4n) is 1.63. The summed E-state index contributed by atoms with van der Waals surface area (Å²) in [5, 5.41) is 18.2. The molecule has 1 rings (SSSR count). The number of nitriles is 1. The van der Waals surface area contributed by atoms with E-state index in [4.69, 9.17) is 22.0 Å². The van der Waals surface area contributed by atoms with Crippen LogP contribution in [0.5, 0.6) is 5.75 Å². The van der Waals surface area contributed by atoms with Gasteiger partial charge in [-0.25, -0.2) is 0 Å². The molecule has 0 saturated carbocycles. The van der Waals surface area contributed by atoms with Crippen LogP contribution in [0.1, 0.15) is 37.2 Å². The minimum absolute atomic E-state index is 0.0732. The highest BCUT2D eigenvalue weighted by atomic mass is 35.5. The van der Waals surface area contributed by atoms with Gasteiger partial charge in [0.15, 0.2) is 0 Å². The maximum absolute atomic E-state index is 9.16. The Morgan fingerprint density at radius 1 is 1.19 bits per heavy atom. The molecule has 1 unspecified atom stereocenters. The predicted octanol–water partition coefficient (Wildman–Crippen LogP) is 3.80. The van der Waals surface area contributed by atoms with Crippen LogP contribution in [0.3, 0.4) is 0 Å². The van der Waals surface area contributed by atoms with E-state index >= 15 is 0 Å². The highest BCUT2D eigenvalue weighted by Crippen LogP contribution is 2.23. The number of phenolic OH excluding ortho intramolecular Hbond substituents is 1. The molecule has 0 radical (unpaired) electrons. The van der Waals surface area contributed by atoms with Crippen LogP contribution in [-0.2, 0) is 0 Å². The number of rotatable bonds is 6. The Labute approximate surface area is 101 Å². The minimum atomic E-state index is -0.0732. The normalized spacial score (nSPS) is 12.0. The molecule has 0 fully saturated rings. The number of hydrogen-bond acceptors (Lipinski definition) is 2. The molecular weight excluding hydrogens is 222 g/mol. The summed E-state index contributed by atoms with van der Waals surface area (Å²) in [6, 6.07) is 9.17. The van der Waals surface area contributed by atoms with E-state index < -0.39 is 0 Å². The minimum Gasteiger partial charge on any atom is -0.508 e. The molecule has 3 heteroatoms. The van der Waals surface area contributed by atoms with Gasteiger partial charge in [0.2, 0.25) is 0 Å². The van der Waals surface area contributed by atoms with Crippen molar-refractivity contribution in [2.75, 3.05) is 5.88 Å². The maximum Gasteiger partial charge on any atom is 0.115 e. The Morgan fingerprint density at radius 2 is 1.88 bits per heavy atom. The molecule has 0 aliphatic carbocycles. The van der Waals surface area contributed by atoms with Crippen molar-refractivity contribution in [3.63, 3.8) is 0 Å². The Balaban J connectivity index is 2.48. The molecule has 1 atom stereocenters. The fraction of sp³-hybridized carbons (Fsp3) is 0.462. The molecule has 1 aromatic rings. The van der Waals surface area contributed by atoms with Gasteiger partial charge in [-0.2, -0.15) is 5.26 Å². The Morgan fingerprint density at radius 3 is 2.44 bits per heavy atom. The van der Waals surface area contributed by atoms with E-state index in [-0.39, 0.29) is 11.7 Å². The van der Waals surface area contributed by atoms with Crippen molar-refractivity contribution in [3.05, 3.63) is 29.8 Å². The van der Waals surface area contributed by atoms with Gasteiger partial charge < -0.3 is 5.11 Å². The molecule has 0 aromatic heterocycles. The molecule has 86 valence electrons. The summed E-state index contributed by atoms with van der Waals surface area (Å²) in [5.41, 5.74) is 0.978. The highest BCUT2D eigenvalue weighted by molar-refractivity contribution is 6.17. The molecule has 0 spiro atoms. The Bertz CT molecular complexity index is 342.